The Kier molecular flexibility index (Phi) is 4.13. The number of amides is 1. The van der Waals surface area contributed by atoms with Gasteiger partial charge in [0.1, 0.15) is 0 Å². The Morgan fingerprint density at radius 3 is 2.60 bits per heavy atom. The van der Waals surface area contributed by atoms with Crippen LogP contribution in [0.5, 0.6) is 0 Å². The van der Waals surface area contributed by atoms with Gasteiger partial charge in [-0.1, -0.05) is 0 Å². The Bertz CT molecular complexity index is 548. The second-order valence-corrected chi connectivity index (χ2v) is 5.05. The van der Waals surface area contributed by atoms with Crippen molar-refractivity contribution in [2.45, 2.75) is 19.4 Å². The molecule has 1 saturated heterocycles. The molecular weight excluding hydrogens is 266 g/mol. The van der Waals surface area contributed by atoms with Crippen LogP contribution in [0.3, 0.4) is 0 Å². The summed E-state index contributed by atoms with van der Waals surface area (Å²) >= 11 is 0. The van der Waals surface area contributed by atoms with Crippen molar-refractivity contribution < 1.29 is 18.4 Å². The van der Waals surface area contributed by atoms with Gasteiger partial charge in [-0.05, 0) is 38.1 Å². The molecule has 2 rings (SSSR count). The Morgan fingerprint density at radius 1 is 1.35 bits per heavy atom. The SMILES string of the molecule is CC(C(=O)c1ccc(F)c(F)c1)N1CCC(C(N)=O)C1. The van der Waals surface area contributed by atoms with Crippen molar-refractivity contribution in [1.82, 2.24) is 4.90 Å². The first-order chi connectivity index (χ1) is 9.40. The lowest BCUT2D eigenvalue weighted by molar-refractivity contribution is -0.121. The third-order valence-corrected chi connectivity index (χ3v) is 3.75. The lowest BCUT2D eigenvalue weighted by atomic mass is 10.0. The van der Waals surface area contributed by atoms with E-state index < -0.39 is 17.7 Å². The molecule has 1 aliphatic rings. The number of carbonyl (C=O) groups excluding carboxylic acids is 2. The molecule has 4 nitrogen and oxygen atoms in total. The zero-order valence-corrected chi connectivity index (χ0v) is 11.1. The zero-order valence-electron chi connectivity index (χ0n) is 11.1. The van der Waals surface area contributed by atoms with Crippen molar-refractivity contribution in [3.63, 3.8) is 0 Å². The van der Waals surface area contributed by atoms with Crippen LogP contribution >= 0.6 is 0 Å². The number of ketones is 1. The van der Waals surface area contributed by atoms with Crippen molar-refractivity contribution in [3.05, 3.63) is 35.4 Å². The van der Waals surface area contributed by atoms with E-state index in [4.69, 9.17) is 5.73 Å². The average Bonchev–Trinajstić information content (AvgIpc) is 2.90. The van der Waals surface area contributed by atoms with Gasteiger partial charge in [-0.15, -0.1) is 0 Å². The first kappa shape index (κ1) is 14.6. The molecule has 1 fully saturated rings. The van der Waals surface area contributed by atoms with E-state index in [1.165, 1.54) is 6.07 Å². The lowest BCUT2D eigenvalue weighted by Crippen LogP contribution is -2.38. The maximum absolute atomic E-state index is 13.1. The fourth-order valence-electron chi connectivity index (χ4n) is 2.43. The monoisotopic (exact) mass is 282 g/mol. The quantitative estimate of drug-likeness (QED) is 0.848. The van der Waals surface area contributed by atoms with Crippen LogP contribution in [0.15, 0.2) is 18.2 Å². The largest absolute Gasteiger partial charge is 0.369 e. The van der Waals surface area contributed by atoms with Crippen molar-refractivity contribution in [2.24, 2.45) is 11.7 Å². The maximum Gasteiger partial charge on any atom is 0.221 e. The summed E-state index contributed by atoms with van der Waals surface area (Å²) in [6.07, 6.45) is 0.616. The molecule has 1 aromatic carbocycles. The number of carbonyl (C=O) groups is 2. The Labute approximate surface area is 115 Å². The number of nitrogens with two attached hydrogens (primary N) is 1. The first-order valence-corrected chi connectivity index (χ1v) is 6.42. The number of halogens is 2. The molecule has 2 unspecified atom stereocenters. The van der Waals surface area contributed by atoms with Crippen LogP contribution in [-0.4, -0.2) is 35.7 Å². The van der Waals surface area contributed by atoms with E-state index in [2.05, 4.69) is 0 Å². The number of likely N-dealkylation sites (tertiary alicyclic amines) is 1. The van der Waals surface area contributed by atoms with E-state index in [-0.39, 0.29) is 23.2 Å². The van der Waals surface area contributed by atoms with Gasteiger partial charge >= 0.3 is 0 Å². The van der Waals surface area contributed by atoms with Gasteiger partial charge in [-0.2, -0.15) is 0 Å². The molecule has 20 heavy (non-hydrogen) atoms. The van der Waals surface area contributed by atoms with Gasteiger partial charge in [0.25, 0.3) is 0 Å². The number of rotatable bonds is 4. The molecule has 1 heterocycles. The minimum Gasteiger partial charge on any atom is -0.369 e. The summed E-state index contributed by atoms with van der Waals surface area (Å²) in [7, 11) is 0. The summed E-state index contributed by atoms with van der Waals surface area (Å²) < 4.78 is 26.0. The molecule has 2 N–H and O–H groups in total. The van der Waals surface area contributed by atoms with Crippen LogP contribution in [0, 0.1) is 17.6 Å². The summed E-state index contributed by atoms with van der Waals surface area (Å²) in [5.74, 6) is -2.95. The van der Waals surface area contributed by atoms with Crippen LogP contribution in [0.4, 0.5) is 8.78 Å². The highest BCUT2D eigenvalue weighted by Crippen LogP contribution is 2.21. The molecule has 0 bridgehead atoms. The molecule has 0 spiro atoms. The Balaban J connectivity index is 2.09. The standard InChI is InChI=1S/C14H16F2N2O2/c1-8(18-5-4-10(7-18)14(17)20)13(19)9-2-3-11(15)12(16)6-9/h2-3,6,8,10H,4-5,7H2,1H3,(H2,17,20). The minimum atomic E-state index is -1.04. The number of benzene rings is 1. The van der Waals surface area contributed by atoms with Gasteiger partial charge < -0.3 is 5.73 Å². The molecule has 1 aliphatic heterocycles. The van der Waals surface area contributed by atoms with Gasteiger partial charge in [0.2, 0.25) is 5.91 Å². The highest BCUT2D eigenvalue weighted by atomic mass is 19.2. The smallest absolute Gasteiger partial charge is 0.221 e. The van der Waals surface area contributed by atoms with Crippen LogP contribution in [-0.2, 0) is 4.79 Å². The van der Waals surface area contributed by atoms with E-state index in [0.717, 1.165) is 12.1 Å². The topological polar surface area (TPSA) is 63.4 Å². The number of nitrogens with zero attached hydrogens (tertiary/aromatic N) is 1. The third kappa shape index (κ3) is 2.85. The molecule has 0 saturated carbocycles. The summed E-state index contributed by atoms with van der Waals surface area (Å²) in [6, 6.07) is 2.60. The second-order valence-electron chi connectivity index (χ2n) is 5.05. The number of hydrogen-bond acceptors (Lipinski definition) is 3. The van der Waals surface area contributed by atoms with E-state index in [1.807, 2.05) is 4.90 Å². The lowest BCUT2D eigenvalue weighted by Gasteiger charge is -2.22. The summed E-state index contributed by atoms with van der Waals surface area (Å²) in [5.41, 5.74) is 5.37. The molecule has 0 aliphatic carbocycles. The predicted molar refractivity (Wildman–Crippen MR) is 69.0 cm³/mol. The van der Waals surface area contributed by atoms with Crippen LogP contribution < -0.4 is 5.73 Å². The van der Waals surface area contributed by atoms with Crippen molar-refractivity contribution in [2.75, 3.05) is 13.1 Å². The summed E-state index contributed by atoms with van der Waals surface area (Å²) in [4.78, 5) is 25.2. The van der Waals surface area contributed by atoms with Crippen molar-refractivity contribution in [3.8, 4) is 0 Å². The fourth-order valence-corrected chi connectivity index (χ4v) is 2.43. The molecule has 108 valence electrons. The van der Waals surface area contributed by atoms with E-state index in [1.54, 1.807) is 6.92 Å². The van der Waals surface area contributed by atoms with Gasteiger partial charge in [0, 0.05) is 12.1 Å². The molecule has 0 radical (unpaired) electrons. The maximum atomic E-state index is 13.1. The summed E-state index contributed by atoms with van der Waals surface area (Å²) in [5, 5.41) is 0. The zero-order chi connectivity index (χ0) is 14.9. The van der Waals surface area contributed by atoms with Gasteiger partial charge in [-0.3, -0.25) is 14.5 Å². The van der Waals surface area contributed by atoms with Gasteiger partial charge in [0.05, 0.1) is 12.0 Å². The van der Waals surface area contributed by atoms with Crippen molar-refractivity contribution >= 4 is 11.7 Å². The van der Waals surface area contributed by atoms with E-state index in [9.17, 15) is 18.4 Å². The van der Waals surface area contributed by atoms with Crippen molar-refractivity contribution in [1.29, 1.82) is 0 Å². The highest BCUT2D eigenvalue weighted by Gasteiger charge is 2.32. The normalized spacial score (nSPS) is 20.9. The van der Waals surface area contributed by atoms with Crippen LogP contribution in [0.2, 0.25) is 0 Å². The molecule has 6 heteroatoms. The molecule has 1 aromatic rings. The minimum absolute atomic E-state index is 0.124. The fraction of sp³-hybridized carbons (Fsp3) is 0.429. The van der Waals surface area contributed by atoms with Crippen LogP contribution in [0.1, 0.15) is 23.7 Å². The van der Waals surface area contributed by atoms with E-state index >= 15 is 0 Å². The Hall–Kier alpha value is -1.82. The summed E-state index contributed by atoms with van der Waals surface area (Å²) in [6.45, 7) is 2.70. The van der Waals surface area contributed by atoms with Crippen LogP contribution in [0.25, 0.3) is 0 Å². The number of Topliss-reactive ketones (excluding diaryl/α,β-unsaturated/α-hetero) is 1. The average molecular weight is 282 g/mol. The van der Waals surface area contributed by atoms with Gasteiger partial charge in [0.15, 0.2) is 17.4 Å². The highest BCUT2D eigenvalue weighted by molar-refractivity contribution is 5.99. The Morgan fingerprint density at radius 2 is 2.05 bits per heavy atom. The second kappa shape index (κ2) is 5.66. The third-order valence-electron chi connectivity index (χ3n) is 3.75. The number of hydrogen-bond donors (Lipinski definition) is 1. The first-order valence-electron chi connectivity index (χ1n) is 6.42. The van der Waals surface area contributed by atoms with E-state index in [0.29, 0.717) is 19.5 Å². The molecule has 1 amide bonds. The predicted octanol–water partition coefficient (Wildman–Crippen LogP) is 1.34. The van der Waals surface area contributed by atoms with Gasteiger partial charge in [-0.25, -0.2) is 8.78 Å². The molecule has 2 atom stereocenters. The molecule has 0 aromatic heterocycles. The number of primary amides is 1. The molecular formula is C14H16F2N2O2.